The fourth-order valence-corrected chi connectivity index (χ4v) is 2.44. The molecular formula is C11H20O. The van der Waals surface area contributed by atoms with Gasteiger partial charge in [0.05, 0.1) is 0 Å². The highest BCUT2D eigenvalue weighted by molar-refractivity contribution is 5.23. The first-order valence-corrected chi connectivity index (χ1v) is 4.87. The second-order valence-electron chi connectivity index (χ2n) is 4.12. The van der Waals surface area contributed by atoms with E-state index in [1.807, 2.05) is 0 Å². The first-order chi connectivity index (χ1) is 5.59. The third-order valence-corrected chi connectivity index (χ3v) is 3.73. The molecule has 1 nitrogen and oxygen atoms in total. The highest BCUT2D eigenvalue weighted by Gasteiger charge is 2.32. The van der Waals surface area contributed by atoms with Crippen molar-refractivity contribution in [3.05, 3.63) is 11.1 Å². The Balaban J connectivity index is 2.73. The zero-order valence-electron chi connectivity index (χ0n) is 8.59. The standard InChI is InChI=1S/C11H20O/c1-7-8(2)10(4)11(5-6-12)9(7)3/h9-12H,5-6H2,1-4H3. The Kier molecular flexibility index (Phi) is 2.94. The highest BCUT2D eigenvalue weighted by Crippen LogP contribution is 2.42. The van der Waals surface area contributed by atoms with Gasteiger partial charge in [-0.05, 0) is 38.0 Å². The molecule has 0 aromatic heterocycles. The smallest absolute Gasteiger partial charge is 0.0434 e. The van der Waals surface area contributed by atoms with E-state index in [4.69, 9.17) is 5.11 Å². The van der Waals surface area contributed by atoms with Gasteiger partial charge >= 0.3 is 0 Å². The molecule has 1 N–H and O–H groups in total. The van der Waals surface area contributed by atoms with Crippen LogP contribution in [0.3, 0.4) is 0 Å². The van der Waals surface area contributed by atoms with E-state index < -0.39 is 0 Å². The summed E-state index contributed by atoms with van der Waals surface area (Å²) < 4.78 is 0. The maximum absolute atomic E-state index is 8.92. The quantitative estimate of drug-likeness (QED) is 0.628. The SMILES string of the molecule is CC1=C(C)C(C)C(CCO)C1C. The van der Waals surface area contributed by atoms with Crippen molar-refractivity contribution in [2.75, 3.05) is 6.61 Å². The van der Waals surface area contributed by atoms with Crippen molar-refractivity contribution >= 4 is 0 Å². The summed E-state index contributed by atoms with van der Waals surface area (Å²) in [6.45, 7) is 9.35. The van der Waals surface area contributed by atoms with Crippen molar-refractivity contribution in [1.29, 1.82) is 0 Å². The van der Waals surface area contributed by atoms with E-state index >= 15 is 0 Å². The van der Waals surface area contributed by atoms with Crippen LogP contribution in [0.5, 0.6) is 0 Å². The van der Waals surface area contributed by atoms with Gasteiger partial charge in [0.1, 0.15) is 0 Å². The van der Waals surface area contributed by atoms with Gasteiger partial charge in [-0.1, -0.05) is 25.0 Å². The Morgan fingerprint density at radius 3 is 1.83 bits per heavy atom. The third kappa shape index (κ3) is 1.42. The molecule has 1 aliphatic rings. The van der Waals surface area contributed by atoms with E-state index in [1.54, 1.807) is 11.1 Å². The van der Waals surface area contributed by atoms with E-state index in [1.165, 1.54) is 0 Å². The van der Waals surface area contributed by atoms with Gasteiger partial charge in [0.25, 0.3) is 0 Å². The van der Waals surface area contributed by atoms with Crippen molar-refractivity contribution < 1.29 is 5.11 Å². The highest BCUT2D eigenvalue weighted by atomic mass is 16.3. The van der Waals surface area contributed by atoms with Gasteiger partial charge < -0.3 is 5.11 Å². The third-order valence-electron chi connectivity index (χ3n) is 3.73. The number of aliphatic hydroxyl groups excluding tert-OH is 1. The zero-order valence-corrected chi connectivity index (χ0v) is 8.59. The van der Waals surface area contributed by atoms with E-state index in [-0.39, 0.29) is 0 Å². The summed E-state index contributed by atoms with van der Waals surface area (Å²) in [5.41, 5.74) is 3.09. The summed E-state index contributed by atoms with van der Waals surface area (Å²) >= 11 is 0. The molecule has 2 unspecified atom stereocenters. The Morgan fingerprint density at radius 1 is 1.08 bits per heavy atom. The first-order valence-electron chi connectivity index (χ1n) is 4.87. The second kappa shape index (κ2) is 3.61. The molecule has 0 aromatic carbocycles. The first kappa shape index (κ1) is 9.79. The van der Waals surface area contributed by atoms with Gasteiger partial charge in [0.2, 0.25) is 0 Å². The molecule has 1 rings (SSSR count). The number of allylic oxidation sites excluding steroid dienone is 2. The summed E-state index contributed by atoms with van der Waals surface area (Å²) in [5.74, 6) is 2.02. The van der Waals surface area contributed by atoms with Crippen molar-refractivity contribution in [3.8, 4) is 0 Å². The van der Waals surface area contributed by atoms with Crippen LogP contribution in [0, 0.1) is 17.8 Å². The van der Waals surface area contributed by atoms with Crippen LogP contribution in [0.4, 0.5) is 0 Å². The lowest BCUT2D eigenvalue weighted by Gasteiger charge is -2.20. The molecule has 0 aromatic rings. The Morgan fingerprint density at radius 2 is 1.50 bits per heavy atom. The van der Waals surface area contributed by atoms with Crippen molar-refractivity contribution in [2.45, 2.75) is 34.1 Å². The molecule has 0 aliphatic heterocycles. The second-order valence-corrected chi connectivity index (χ2v) is 4.12. The summed E-state index contributed by atoms with van der Waals surface area (Å²) in [7, 11) is 0. The molecule has 0 radical (unpaired) electrons. The van der Waals surface area contributed by atoms with Crippen LogP contribution in [-0.4, -0.2) is 11.7 Å². The van der Waals surface area contributed by atoms with E-state index in [0.717, 1.165) is 6.42 Å². The largest absolute Gasteiger partial charge is 0.396 e. The normalized spacial score (nSPS) is 36.2. The average molecular weight is 168 g/mol. The number of aliphatic hydroxyl groups is 1. The number of rotatable bonds is 2. The molecule has 70 valence electrons. The molecule has 0 heterocycles. The Hall–Kier alpha value is -0.300. The summed E-state index contributed by atoms with van der Waals surface area (Å²) in [6, 6.07) is 0. The molecule has 0 fully saturated rings. The monoisotopic (exact) mass is 168 g/mol. The summed E-state index contributed by atoms with van der Waals surface area (Å²) in [4.78, 5) is 0. The van der Waals surface area contributed by atoms with Crippen molar-refractivity contribution in [2.24, 2.45) is 17.8 Å². The molecule has 1 aliphatic carbocycles. The Bertz CT molecular complexity index is 175. The topological polar surface area (TPSA) is 20.2 Å². The lowest BCUT2D eigenvalue weighted by molar-refractivity contribution is 0.221. The van der Waals surface area contributed by atoms with Gasteiger partial charge in [-0.15, -0.1) is 0 Å². The van der Waals surface area contributed by atoms with E-state index in [9.17, 15) is 0 Å². The number of hydrogen-bond donors (Lipinski definition) is 1. The molecule has 12 heavy (non-hydrogen) atoms. The minimum atomic E-state index is 0.333. The zero-order chi connectivity index (χ0) is 9.30. The average Bonchev–Trinajstić information content (AvgIpc) is 2.23. The molecule has 0 amide bonds. The molecule has 0 saturated heterocycles. The van der Waals surface area contributed by atoms with Crippen LogP contribution in [0.25, 0.3) is 0 Å². The van der Waals surface area contributed by atoms with Crippen molar-refractivity contribution in [1.82, 2.24) is 0 Å². The summed E-state index contributed by atoms with van der Waals surface area (Å²) in [5, 5.41) is 8.92. The van der Waals surface area contributed by atoms with Crippen LogP contribution in [0.1, 0.15) is 34.1 Å². The maximum Gasteiger partial charge on any atom is 0.0434 e. The minimum Gasteiger partial charge on any atom is -0.396 e. The number of hydrogen-bond acceptors (Lipinski definition) is 1. The van der Waals surface area contributed by atoms with E-state index in [2.05, 4.69) is 27.7 Å². The predicted octanol–water partition coefficient (Wildman–Crippen LogP) is 2.61. The van der Waals surface area contributed by atoms with Crippen LogP contribution in [-0.2, 0) is 0 Å². The molecule has 0 spiro atoms. The van der Waals surface area contributed by atoms with Gasteiger partial charge in [0.15, 0.2) is 0 Å². The van der Waals surface area contributed by atoms with Gasteiger partial charge in [0, 0.05) is 6.61 Å². The minimum absolute atomic E-state index is 0.333. The van der Waals surface area contributed by atoms with Crippen LogP contribution in [0.15, 0.2) is 11.1 Å². The fraction of sp³-hybridized carbons (Fsp3) is 0.818. The van der Waals surface area contributed by atoms with Gasteiger partial charge in [-0.2, -0.15) is 0 Å². The van der Waals surface area contributed by atoms with Crippen LogP contribution < -0.4 is 0 Å². The van der Waals surface area contributed by atoms with Gasteiger partial charge in [-0.25, -0.2) is 0 Å². The molecule has 0 saturated carbocycles. The van der Waals surface area contributed by atoms with Crippen LogP contribution >= 0.6 is 0 Å². The van der Waals surface area contributed by atoms with E-state index in [0.29, 0.717) is 24.4 Å². The molecule has 0 bridgehead atoms. The molecular weight excluding hydrogens is 148 g/mol. The molecule has 2 atom stereocenters. The van der Waals surface area contributed by atoms with Gasteiger partial charge in [-0.3, -0.25) is 0 Å². The van der Waals surface area contributed by atoms with Crippen molar-refractivity contribution in [3.63, 3.8) is 0 Å². The molecule has 1 heteroatoms. The lowest BCUT2D eigenvalue weighted by Crippen LogP contribution is -2.15. The van der Waals surface area contributed by atoms with Crippen LogP contribution in [0.2, 0.25) is 0 Å². The fourth-order valence-electron chi connectivity index (χ4n) is 2.44. The maximum atomic E-state index is 8.92. The lowest BCUT2D eigenvalue weighted by atomic mass is 9.85. The predicted molar refractivity (Wildman–Crippen MR) is 51.9 cm³/mol. The Labute approximate surface area is 75.5 Å². The summed E-state index contributed by atoms with van der Waals surface area (Å²) in [6.07, 6.45) is 0.955.